The van der Waals surface area contributed by atoms with Crippen molar-refractivity contribution in [2.75, 3.05) is 62.2 Å². The SMILES string of the molecule is C/C(=C(\C#N)C(N)=S)N1CCN(c2ccccc2Cl)CC1.Clc1ccccc1N1CCNCC1. The van der Waals surface area contributed by atoms with Crippen molar-refractivity contribution >= 4 is 51.8 Å². The second-order valence-corrected chi connectivity index (χ2v) is 9.30. The lowest BCUT2D eigenvalue weighted by Crippen LogP contribution is -2.46. The van der Waals surface area contributed by atoms with E-state index in [0.29, 0.717) is 5.57 Å². The lowest BCUT2D eigenvalue weighted by atomic mass is 10.2. The fraction of sp³-hybridized carbons (Fsp3) is 0.360. The Morgan fingerprint density at radius 2 is 1.35 bits per heavy atom. The van der Waals surface area contributed by atoms with Crippen LogP contribution < -0.4 is 20.9 Å². The van der Waals surface area contributed by atoms with Crippen LogP contribution in [0.5, 0.6) is 0 Å². The number of benzene rings is 2. The molecular weight excluding hydrogens is 487 g/mol. The highest BCUT2D eigenvalue weighted by Gasteiger charge is 2.21. The Morgan fingerprint density at radius 1 is 0.882 bits per heavy atom. The van der Waals surface area contributed by atoms with Crippen molar-refractivity contribution in [3.05, 3.63) is 69.8 Å². The molecule has 2 aromatic carbocycles. The molecule has 0 bridgehead atoms. The second-order valence-electron chi connectivity index (χ2n) is 8.05. The fourth-order valence-corrected chi connectivity index (χ4v) is 4.78. The van der Waals surface area contributed by atoms with E-state index in [4.69, 9.17) is 46.4 Å². The molecule has 2 aliphatic rings. The van der Waals surface area contributed by atoms with Gasteiger partial charge >= 0.3 is 0 Å². The Bertz CT molecular complexity index is 1050. The number of halogens is 2. The van der Waals surface area contributed by atoms with E-state index in [9.17, 15) is 0 Å². The third-order valence-electron chi connectivity index (χ3n) is 5.98. The summed E-state index contributed by atoms with van der Waals surface area (Å²) in [4.78, 5) is 6.87. The van der Waals surface area contributed by atoms with Crippen LogP contribution in [0.15, 0.2) is 59.8 Å². The van der Waals surface area contributed by atoms with Gasteiger partial charge in [-0.3, -0.25) is 0 Å². The molecule has 180 valence electrons. The van der Waals surface area contributed by atoms with Gasteiger partial charge in [-0.15, -0.1) is 0 Å². The van der Waals surface area contributed by atoms with Gasteiger partial charge in [0.05, 0.1) is 21.4 Å². The Balaban J connectivity index is 0.000000212. The predicted octanol–water partition coefficient (Wildman–Crippen LogP) is 4.30. The number of piperazine rings is 2. The van der Waals surface area contributed by atoms with Crippen LogP contribution in [0.3, 0.4) is 0 Å². The lowest BCUT2D eigenvalue weighted by molar-refractivity contribution is 0.321. The maximum atomic E-state index is 9.13. The molecule has 2 aromatic rings. The number of nitrogens with one attached hydrogen (secondary N) is 1. The number of nitrogens with zero attached hydrogens (tertiary/aromatic N) is 4. The minimum atomic E-state index is 0.156. The van der Waals surface area contributed by atoms with Gasteiger partial charge in [0, 0.05) is 58.1 Å². The summed E-state index contributed by atoms with van der Waals surface area (Å²) in [6.45, 7) is 9.39. The predicted molar refractivity (Wildman–Crippen MR) is 147 cm³/mol. The zero-order chi connectivity index (χ0) is 24.5. The van der Waals surface area contributed by atoms with Crippen LogP contribution in [0.2, 0.25) is 10.0 Å². The number of para-hydroxylation sites is 2. The van der Waals surface area contributed by atoms with E-state index in [2.05, 4.69) is 32.2 Å². The summed E-state index contributed by atoms with van der Waals surface area (Å²) in [5, 5.41) is 14.1. The average Bonchev–Trinajstić information content (AvgIpc) is 2.86. The molecule has 9 heteroatoms. The molecule has 3 N–H and O–H groups in total. The van der Waals surface area contributed by atoms with Crippen molar-refractivity contribution in [1.82, 2.24) is 10.2 Å². The highest BCUT2D eigenvalue weighted by molar-refractivity contribution is 7.80. The summed E-state index contributed by atoms with van der Waals surface area (Å²) in [7, 11) is 0. The molecule has 2 heterocycles. The number of thiocarbonyl (C=S) groups is 1. The minimum absolute atomic E-state index is 0.156. The number of allylic oxidation sites excluding steroid dienone is 1. The molecule has 2 aliphatic heterocycles. The van der Waals surface area contributed by atoms with E-state index >= 15 is 0 Å². The molecule has 0 aromatic heterocycles. The quantitative estimate of drug-likeness (QED) is 0.356. The van der Waals surface area contributed by atoms with Crippen LogP contribution in [-0.4, -0.2) is 62.2 Å². The first kappa shape index (κ1) is 26.1. The molecule has 0 atom stereocenters. The van der Waals surface area contributed by atoms with E-state index in [1.54, 1.807) is 0 Å². The number of anilines is 2. The summed E-state index contributed by atoms with van der Waals surface area (Å²) in [6, 6.07) is 17.9. The van der Waals surface area contributed by atoms with Gasteiger partial charge in [-0.2, -0.15) is 5.26 Å². The zero-order valence-electron chi connectivity index (χ0n) is 19.3. The van der Waals surface area contributed by atoms with Gasteiger partial charge in [0.15, 0.2) is 0 Å². The zero-order valence-corrected chi connectivity index (χ0v) is 21.6. The Kier molecular flexibility index (Phi) is 9.85. The molecule has 0 unspecified atom stereocenters. The summed E-state index contributed by atoms with van der Waals surface area (Å²) in [5.74, 6) is 0. The molecule has 2 fully saturated rings. The number of nitrogens with two attached hydrogens (primary N) is 1. The van der Waals surface area contributed by atoms with Crippen molar-refractivity contribution in [1.29, 1.82) is 5.26 Å². The van der Waals surface area contributed by atoms with Crippen molar-refractivity contribution in [2.45, 2.75) is 6.92 Å². The molecule has 0 spiro atoms. The van der Waals surface area contributed by atoms with Gasteiger partial charge in [-0.1, -0.05) is 59.7 Å². The van der Waals surface area contributed by atoms with Gasteiger partial charge in [0.1, 0.15) is 16.6 Å². The Labute approximate surface area is 217 Å². The molecule has 0 radical (unpaired) electrons. The van der Waals surface area contributed by atoms with Crippen molar-refractivity contribution in [3.8, 4) is 6.07 Å². The third-order valence-corrected chi connectivity index (χ3v) is 6.82. The van der Waals surface area contributed by atoms with Gasteiger partial charge in [-0.25, -0.2) is 0 Å². The normalized spacial score (nSPS) is 16.7. The lowest BCUT2D eigenvalue weighted by Gasteiger charge is -2.38. The van der Waals surface area contributed by atoms with Crippen molar-refractivity contribution in [3.63, 3.8) is 0 Å². The number of hydrogen-bond donors (Lipinski definition) is 2. The smallest absolute Gasteiger partial charge is 0.116 e. The standard InChI is InChI=1S/C15H17ClN4S.C10H13ClN2/c1-11(12(10-17)15(18)21)19-6-8-20(9-7-19)14-5-3-2-4-13(14)16;11-9-3-1-2-4-10(9)13-7-5-12-6-8-13/h2-5H,6-9H2,1H3,(H2,18,21);1-4,12H,5-8H2/b12-11-;. The topological polar surface area (TPSA) is 71.6 Å². The summed E-state index contributed by atoms with van der Waals surface area (Å²) < 4.78 is 0. The summed E-state index contributed by atoms with van der Waals surface area (Å²) in [6.07, 6.45) is 0. The second kappa shape index (κ2) is 12.8. The minimum Gasteiger partial charge on any atom is -0.389 e. The molecule has 0 aliphatic carbocycles. The van der Waals surface area contributed by atoms with Gasteiger partial charge in [0.2, 0.25) is 0 Å². The van der Waals surface area contributed by atoms with E-state index in [-0.39, 0.29) is 4.99 Å². The highest BCUT2D eigenvalue weighted by Crippen LogP contribution is 2.27. The monoisotopic (exact) mass is 516 g/mol. The summed E-state index contributed by atoms with van der Waals surface area (Å²) >= 11 is 17.2. The molecule has 0 amide bonds. The van der Waals surface area contributed by atoms with Crippen LogP contribution in [-0.2, 0) is 0 Å². The van der Waals surface area contributed by atoms with Crippen LogP contribution >= 0.6 is 35.4 Å². The molecular formula is C25H30Cl2N6S. The first-order valence-corrected chi connectivity index (χ1v) is 12.4. The first-order valence-electron chi connectivity index (χ1n) is 11.3. The van der Waals surface area contributed by atoms with E-state index in [1.165, 1.54) is 0 Å². The highest BCUT2D eigenvalue weighted by atomic mass is 35.5. The molecule has 2 saturated heterocycles. The number of hydrogen-bond acceptors (Lipinski definition) is 6. The average molecular weight is 518 g/mol. The van der Waals surface area contributed by atoms with Crippen molar-refractivity contribution < 1.29 is 0 Å². The van der Waals surface area contributed by atoms with E-state index < -0.39 is 0 Å². The first-order chi connectivity index (χ1) is 16.4. The summed E-state index contributed by atoms with van der Waals surface area (Å²) in [5.41, 5.74) is 9.05. The maximum Gasteiger partial charge on any atom is 0.116 e. The van der Waals surface area contributed by atoms with Gasteiger partial charge in [-0.05, 0) is 31.2 Å². The van der Waals surface area contributed by atoms with Crippen LogP contribution in [0, 0.1) is 11.3 Å². The van der Waals surface area contributed by atoms with Crippen LogP contribution in [0.25, 0.3) is 0 Å². The number of rotatable bonds is 4. The molecule has 0 saturated carbocycles. The largest absolute Gasteiger partial charge is 0.389 e. The van der Waals surface area contributed by atoms with Crippen LogP contribution in [0.4, 0.5) is 11.4 Å². The molecule has 34 heavy (non-hydrogen) atoms. The molecule has 6 nitrogen and oxygen atoms in total. The number of nitriles is 1. The van der Waals surface area contributed by atoms with Gasteiger partial charge < -0.3 is 25.8 Å². The Morgan fingerprint density at radius 3 is 1.79 bits per heavy atom. The maximum absolute atomic E-state index is 9.13. The van der Waals surface area contributed by atoms with Crippen molar-refractivity contribution in [2.24, 2.45) is 5.73 Å². The van der Waals surface area contributed by atoms with Gasteiger partial charge in [0.25, 0.3) is 0 Å². The van der Waals surface area contributed by atoms with Crippen LogP contribution in [0.1, 0.15) is 6.92 Å². The van der Waals surface area contributed by atoms with E-state index in [0.717, 1.165) is 79.5 Å². The van der Waals surface area contributed by atoms with E-state index in [1.807, 2.05) is 49.4 Å². The fourth-order valence-electron chi connectivity index (χ4n) is 4.08. The third kappa shape index (κ3) is 6.77. The Hall–Kier alpha value is -2.50. The molecule has 4 rings (SSSR count).